The molecule has 2 rings (SSSR count). The van der Waals surface area contributed by atoms with Crippen molar-refractivity contribution < 1.29 is 4.79 Å². The predicted molar refractivity (Wildman–Crippen MR) is 77.8 cm³/mol. The van der Waals surface area contributed by atoms with Gasteiger partial charge < -0.3 is 5.32 Å². The summed E-state index contributed by atoms with van der Waals surface area (Å²) in [6.07, 6.45) is 4.76. The molecule has 1 aliphatic carbocycles. The molecule has 104 valence electrons. The number of rotatable bonds is 4. The smallest absolute Gasteiger partial charge is 0.217 e. The van der Waals surface area contributed by atoms with Gasteiger partial charge in [-0.05, 0) is 25.5 Å². The number of nitrogens with zero attached hydrogens (tertiary/aromatic N) is 1. The van der Waals surface area contributed by atoms with E-state index in [0.717, 1.165) is 13.0 Å². The fourth-order valence-electron chi connectivity index (χ4n) is 3.06. The minimum Gasteiger partial charge on any atom is -0.352 e. The van der Waals surface area contributed by atoms with Crippen molar-refractivity contribution in [2.45, 2.75) is 51.2 Å². The van der Waals surface area contributed by atoms with Crippen molar-refractivity contribution in [1.29, 1.82) is 0 Å². The summed E-state index contributed by atoms with van der Waals surface area (Å²) in [6.45, 7) is 2.56. The average molecular weight is 260 g/mol. The van der Waals surface area contributed by atoms with Crippen LogP contribution in [0.25, 0.3) is 0 Å². The van der Waals surface area contributed by atoms with E-state index in [1.54, 1.807) is 6.92 Å². The number of benzene rings is 1. The molecule has 0 aliphatic heterocycles. The normalized spacial score (nSPS) is 23.3. The second-order valence-corrected chi connectivity index (χ2v) is 5.56. The second-order valence-electron chi connectivity index (χ2n) is 5.56. The van der Waals surface area contributed by atoms with Crippen molar-refractivity contribution in [2.24, 2.45) is 0 Å². The Morgan fingerprint density at radius 2 is 1.95 bits per heavy atom. The number of amides is 1. The first-order valence-corrected chi connectivity index (χ1v) is 7.18. The zero-order valence-electron chi connectivity index (χ0n) is 11.9. The summed E-state index contributed by atoms with van der Waals surface area (Å²) in [6, 6.07) is 11.3. The number of hydrogen-bond acceptors (Lipinski definition) is 2. The Labute approximate surface area is 116 Å². The molecule has 1 amide bonds. The van der Waals surface area contributed by atoms with Crippen molar-refractivity contribution in [2.75, 3.05) is 7.05 Å². The number of likely N-dealkylation sites (N-methyl/N-ethyl adjacent to an activating group) is 1. The highest BCUT2D eigenvalue weighted by Crippen LogP contribution is 2.23. The van der Waals surface area contributed by atoms with Crippen LogP contribution < -0.4 is 5.32 Å². The van der Waals surface area contributed by atoms with Gasteiger partial charge in [0.15, 0.2) is 0 Å². The molecule has 0 unspecified atom stereocenters. The van der Waals surface area contributed by atoms with Gasteiger partial charge in [-0.15, -0.1) is 0 Å². The van der Waals surface area contributed by atoms with E-state index >= 15 is 0 Å². The van der Waals surface area contributed by atoms with E-state index in [2.05, 4.69) is 41.5 Å². The zero-order valence-corrected chi connectivity index (χ0v) is 11.9. The first kappa shape index (κ1) is 14.1. The summed E-state index contributed by atoms with van der Waals surface area (Å²) in [4.78, 5) is 13.7. The summed E-state index contributed by atoms with van der Waals surface area (Å²) in [5, 5.41) is 3.12. The lowest BCUT2D eigenvalue weighted by molar-refractivity contribution is -0.120. The van der Waals surface area contributed by atoms with Crippen molar-refractivity contribution in [1.82, 2.24) is 10.2 Å². The van der Waals surface area contributed by atoms with E-state index < -0.39 is 0 Å². The number of carbonyl (C=O) groups is 1. The molecular formula is C16H24N2O. The standard InChI is InChI=1S/C16H24N2O/c1-13(19)17-15-10-6-7-11-16(15)18(2)12-14-8-4-3-5-9-14/h3-5,8-9,15-16H,6-7,10-12H2,1-2H3,(H,17,19)/t15-,16-/m1/s1. The summed E-state index contributed by atoms with van der Waals surface area (Å²) >= 11 is 0. The van der Waals surface area contributed by atoms with Gasteiger partial charge in [-0.25, -0.2) is 0 Å². The minimum atomic E-state index is 0.0880. The van der Waals surface area contributed by atoms with Gasteiger partial charge in [-0.2, -0.15) is 0 Å². The van der Waals surface area contributed by atoms with Crippen LogP contribution in [0, 0.1) is 0 Å². The van der Waals surface area contributed by atoms with Crippen molar-refractivity contribution >= 4 is 5.91 Å². The largest absolute Gasteiger partial charge is 0.352 e. The van der Waals surface area contributed by atoms with Crippen LogP contribution in [0.3, 0.4) is 0 Å². The number of nitrogens with one attached hydrogen (secondary N) is 1. The first-order chi connectivity index (χ1) is 9.16. The van der Waals surface area contributed by atoms with Gasteiger partial charge in [-0.1, -0.05) is 43.2 Å². The Hall–Kier alpha value is -1.35. The SMILES string of the molecule is CC(=O)N[C@@H]1CCCC[C@H]1N(C)Cc1ccccc1. The highest BCUT2D eigenvalue weighted by Gasteiger charge is 2.28. The monoisotopic (exact) mass is 260 g/mol. The van der Waals surface area contributed by atoms with E-state index in [1.807, 2.05) is 6.07 Å². The maximum atomic E-state index is 11.3. The Morgan fingerprint density at radius 3 is 2.63 bits per heavy atom. The van der Waals surface area contributed by atoms with E-state index in [4.69, 9.17) is 0 Å². The maximum Gasteiger partial charge on any atom is 0.217 e. The molecule has 3 heteroatoms. The Bertz CT molecular complexity index is 404. The number of carbonyl (C=O) groups excluding carboxylic acids is 1. The zero-order chi connectivity index (χ0) is 13.7. The molecule has 2 atom stereocenters. The summed E-state index contributed by atoms with van der Waals surface area (Å²) in [5.74, 6) is 0.0880. The quantitative estimate of drug-likeness (QED) is 0.902. The van der Waals surface area contributed by atoms with E-state index in [1.165, 1.54) is 24.8 Å². The molecule has 1 aromatic rings. The van der Waals surface area contributed by atoms with Crippen LogP contribution >= 0.6 is 0 Å². The molecule has 3 nitrogen and oxygen atoms in total. The molecule has 0 saturated heterocycles. The van der Waals surface area contributed by atoms with Gasteiger partial charge in [0, 0.05) is 25.6 Å². The van der Waals surface area contributed by atoms with Crippen LogP contribution in [0.2, 0.25) is 0 Å². The van der Waals surface area contributed by atoms with Gasteiger partial charge in [0.1, 0.15) is 0 Å². The lowest BCUT2D eigenvalue weighted by atomic mass is 9.89. The van der Waals surface area contributed by atoms with Crippen molar-refractivity contribution in [3.8, 4) is 0 Å². The summed E-state index contributed by atoms with van der Waals surface area (Å²) in [7, 11) is 2.16. The Morgan fingerprint density at radius 1 is 1.26 bits per heavy atom. The molecule has 1 saturated carbocycles. The molecule has 19 heavy (non-hydrogen) atoms. The van der Waals surface area contributed by atoms with E-state index in [-0.39, 0.29) is 5.91 Å². The van der Waals surface area contributed by atoms with E-state index in [9.17, 15) is 4.79 Å². The molecule has 0 heterocycles. The van der Waals surface area contributed by atoms with Crippen LogP contribution in [0.4, 0.5) is 0 Å². The van der Waals surface area contributed by atoms with E-state index in [0.29, 0.717) is 12.1 Å². The second kappa shape index (κ2) is 6.71. The van der Waals surface area contributed by atoms with Crippen LogP contribution in [0.1, 0.15) is 38.2 Å². The van der Waals surface area contributed by atoms with Gasteiger partial charge in [0.25, 0.3) is 0 Å². The van der Waals surface area contributed by atoms with Crippen molar-refractivity contribution in [3.05, 3.63) is 35.9 Å². The molecule has 1 aliphatic rings. The number of hydrogen-bond donors (Lipinski definition) is 1. The molecule has 0 aromatic heterocycles. The third kappa shape index (κ3) is 4.06. The van der Waals surface area contributed by atoms with Gasteiger partial charge >= 0.3 is 0 Å². The highest BCUT2D eigenvalue weighted by atomic mass is 16.1. The first-order valence-electron chi connectivity index (χ1n) is 7.18. The highest BCUT2D eigenvalue weighted by molar-refractivity contribution is 5.73. The van der Waals surface area contributed by atoms with Crippen LogP contribution in [0.5, 0.6) is 0 Å². The molecule has 1 fully saturated rings. The molecule has 0 spiro atoms. The molecule has 0 radical (unpaired) electrons. The molecule has 1 aromatic carbocycles. The lowest BCUT2D eigenvalue weighted by Gasteiger charge is -2.38. The van der Waals surface area contributed by atoms with Crippen LogP contribution in [-0.2, 0) is 11.3 Å². The van der Waals surface area contributed by atoms with Gasteiger partial charge in [-0.3, -0.25) is 9.69 Å². The molecule has 0 bridgehead atoms. The molecular weight excluding hydrogens is 236 g/mol. The van der Waals surface area contributed by atoms with Gasteiger partial charge in [0.2, 0.25) is 5.91 Å². The summed E-state index contributed by atoms with van der Waals surface area (Å²) < 4.78 is 0. The van der Waals surface area contributed by atoms with Crippen molar-refractivity contribution in [3.63, 3.8) is 0 Å². The third-order valence-corrected chi connectivity index (χ3v) is 3.96. The Balaban J connectivity index is 1.98. The minimum absolute atomic E-state index is 0.0880. The average Bonchev–Trinajstić information content (AvgIpc) is 2.39. The van der Waals surface area contributed by atoms with Gasteiger partial charge in [0.05, 0.1) is 0 Å². The Kier molecular flexibility index (Phi) is 4.97. The molecule has 1 N–H and O–H groups in total. The maximum absolute atomic E-state index is 11.3. The third-order valence-electron chi connectivity index (χ3n) is 3.96. The lowest BCUT2D eigenvalue weighted by Crippen LogP contribution is -2.51. The topological polar surface area (TPSA) is 32.3 Å². The predicted octanol–water partition coefficient (Wildman–Crippen LogP) is 2.57. The summed E-state index contributed by atoms with van der Waals surface area (Å²) in [5.41, 5.74) is 1.33. The van der Waals surface area contributed by atoms with Crippen LogP contribution in [0.15, 0.2) is 30.3 Å². The fourth-order valence-corrected chi connectivity index (χ4v) is 3.06. The fraction of sp³-hybridized carbons (Fsp3) is 0.562. The van der Waals surface area contributed by atoms with Crippen LogP contribution in [-0.4, -0.2) is 29.9 Å².